The number of hydrogen-bond acceptors (Lipinski definition) is 6. The number of esters is 1. The molecule has 0 spiro atoms. The van der Waals surface area contributed by atoms with Crippen molar-refractivity contribution in [3.8, 4) is 0 Å². The SMILES string of the molecule is CCC(C(=O)O)[C@]1(C(=O)COC(C)=O)CC[C@H]2[C@@H]3C[C@H](F)C4=CC(=O)C=C[C@]4(C)[C@@]3(F)[C@@H](O)C[C@@]21C. The van der Waals surface area contributed by atoms with Crippen molar-refractivity contribution in [1.29, 1.82) is 0 Å². The fourth-order valence-corrected chi connectivity index (χ4v) is 8.52. The van der Waals surface area contributed by atoms with Gasteiger partial charge in [0.1, 0.15) is 6.17 Å². The molecule has 0 aromatic carbocycles. The van der Waals surface area contributed by atoms with E-state index in [-0.39, 0.29) is 37.7 Å². The van der Waals surface area contributed by atoms with Crippen LogP contribution in [-0.4, -0.2) is 58.3 Å². The Hall–Kier alpha value is -2.42. The maximum atomic E-state index is 17.3. The lowest BCUT2D eigenvalue weighted by atomic mass is 9.42. The average Bonchev–Trinajstić information content (AvgIpc) is 3.09. The summed E-state index contributed by atoms with van der Waals surface area (Å²) < 4.78 is 37.9. The Kier molecular flexibility index (Phi) is 6.34. The van der Waals surface area contributed by atoms with Gasteiger partial charge in [0, 0.05) is 18.3 Å². The number of fused-ring (bicyclic) bond motifs is 5. The van der Waals surface area contributed by atoms with Crippen molar-refractivity contribution in [3.63, 3.8) is 0 Å². The minimum Gasteiger partial charge on any atom is -0.481 e. The van der Waals surface area contributed by atoms with E-state index < -0.39 is 82.1 Å². The summed E-state index contributed by atoms with van der Waals surface area (Å²) in [4.78, 5) is 49.6. The van der Waals surface area contributed by atoms with E-state index in [0.717, 1.165) is 13.0 Å². The number of hydrogen-bond donors (Lipinski definition) is 2. The molecule has 198 valence electrons. The number of carboxylic acid groups (broad SMARTS) is 1. The summed E-state index contributed by atoms with van der Waals surface area (Å²) in [6.07, 6.45) is 0.343. The predicted molar refractivity (Wildman–Crippen MR) is 124 cm³/mol. The summed E-state index contributed by atoms with van der Waals surface area (Å²) in [5.74, 6) is -5.67. The Bertz CT molecular complexity index is 1070. The van der Waals surface area contributed by atoms with E-state index in [0.29, 0.717) is 0 Å². The zero-order chi connectivity index (χ0) is 26.8. The van der Waals surface area contributed by atoms with Crippen LogP contribution in [0, 0.1) is 34.0 Å². The van der Waals surface area contributed by atoms with Crippen LogP contribution in [0.15, 0.2) is 23.8 Å². The highest BCUT2D eigenvalue weighted by Gasteiger charge is 2.76. The molecule has 3 fully saturated rings. The van der Waals surface area contributed by atoms with Crippen LogP contribution in [0.1, 0.15) is 59.8 Å². The third kappa shape index (κ3) is 3.23. The maximum Gasteiger partial charge on any atom is 0.307 e. The number of alkyl halides is 2. The highest BCUT2D eigenvalue weighted by atomic mass is 19.1. The summed E-state index contributed by atoms with van der Waals surface area (Å²) in [5.41, 5.74) is -6.59. The quantitative estimate of drug-likeness (QED) is 0.527. The summed E-state index contributed by atoms with van der Waals surface area (Å²) in [7, 11) is 0. The Morgan fingerprint density at radius 2 is 1.92 bits per heavy atom. The van der Waals surface area contributed by atoms with Crippen molar-refractivity contribution in [2.45, 2.75) is 77.7 Å². The van der Waals surface area contributed by atoms with Crippen molar-refractivity contribution in [3.05, 3.63) is 23.8 Å². The fraction of sp³-hybridized carbons (Fsp3) is 0.704. The number of allylic oxidation sites excluding steroid dienone is 4. The first-order chi connectivity index (χ1) is 16.7. The maximum absolute atomic E-state index is 17.3. The number of rotatable bonds is 6. The molecule has 3 saturated carbocycles. The van der Waals surface area contributed by atoms with Gasteiger partial charge in [-0.1, -0.05) is 19.9 Å². The molecule has 4 aliphatic rings. The highest BCUT2D eigenvalue weighted by molar-refractivity contribution is 6.01. The van der Waals surface area contributed by atoms with Gasteiger partial charge in [0.2, 0.25) is 0 Å². The van der Waals surface area contributed by atoms with Gasteiger partial charge in [-0.2, -0.15) is 0 Å². The van der Waals surface area contributed by atoms with Gasteiger partial charge in [-0.3, -0.25) is 19.2 Å². The number of Topliss-reactive ketones (excluding diaryl/α,β-unsaturated/α-hetero) is 1. The topological polar surface area (TPSA) is 118 Å². The number of carboxylic acids is 1. The number of ketones is 2. The van der Waals surface area contributed by atoms with Crippen molar-refractivity contribution in [1.82, 2.24) is 0 Å². The van der Waals surface area contributed by atoms with Gasteiger partial charge in [0.25, 0.3) is 0 Å². The number of aliphatic hydroxyl groups excluding tert-OH is 1. The van der Waals surface area contributed by atoms with Gasteiger partial charge in [-0.05, 0) is 68.1 Å². The van der Waals surface area contributed by atoms with Crippen LogP contribution in [0.4, 0.5) is 8.78 Å². The summed E-state index contributed by atoms with van der Waals surface area (Å²) in [6.45, 7) is 5.37. The number of carbonyl (C=O) groups excluding carboxylic acids is 3. The second-order valence-corrected chi connectivity index (χ2v) is 11.4. The highest BCUT2D eigenvalue weighted by Crippen LogP contribution is 2.73. The standard InChI is InChI=1S/C27H34F2O7/c1-5-16(23(34)35)26(22(33)13-36-14(2)30)9-7-17-18-11-20(28)19-10-15(31)6-8-24(19,3)27(18,29)21(32)12-25(17,26)4/h6,8,10,16-18,20-21,32H,5,7,9,11-13H2,1-4H3,(H,34,35)/t16?,17-,18-,20-,21-,24-,25-,26-,27-/m0/s1. The van der Waals surface area contributed by atoms with Crippen LogP contribution in [-0.2, 0) is 23.9 Å². The van der Waals surface area contributed by atoms with Gasteiger partial charge >= 0.3 is 11.9 Å². The molecule has 9 atom stereocenters. The normalized spacial score (nSPS) is 44.1. The van der Waals surface area contributed by atoms with Crippen molar-refractivity contribution >= 4 is 23.5 Å². The Balaban J connectivity index is 1.86. The predicted octanol–water partition coefficient (Wildman–Crippen LogP) is 3.53. The first-order valence-electron chi connectivity index (χ1n) is 12.6. The van der Waals surface area contributed by atoms with Crippen LogP contribution in [0.2, 0.25) is 0 Å². The third-order valence-corrected chi connectivity index (χ3v) is 10.1. The van der Waals surface area contributed by atoms with Gasteiger partial charge in [-0.25, -0.2) is 8.78 Å². The van der Waals surface area contributed by atoms with Crippen LogP contribution >= 0.6 is 0 Å². The summed E-state index contributed by atoms with van der Waals surface area (Å²) >= 11 is 0. The van der Waals surface area contributed by atoms with E-state index in [4.69, 9.17) is 4.74 Å². The molecule has 0 heterocycles. The van der Waals surface area contributed by atoms with Crippen LogP contribution in [0.25, 0.3) is 0 Å². The smallest absolute Gasteiger partial charge is 0.307 e. The van der Waals surface area contributed by atoms with Crippen LogP contribution in [0.5, 0.6) is 0 Å². The molecule has 0 radical (unpaired) electrons. The molecule has 2 N–H and O–H groups in total. The molecular weight excluding hydrogens is 474 g/mol. The van der Waals surface area contributed by atoms with Crippen molar-refractivity contribution in [2.75, 3.05) is 6.61 Å². The van der Waals surface area contributed by atoms with E-state index in [1.165, 1.54) is 19.1 Å². The van der Waals surface area contributed by atoms with E-state index in [1.807, 2.05) is 0 Å². The first-order valence-corrected chi connectivity index (χ1v) is 12.6. The molecular formula is C27H34F2O7. The Morgan fingerprint density at radius 1 is 1.25 bits per heavy atom. The molecule has 9 heteroatoms. The number of halogens is 2. The summed E-state index contributed by atoms with van der Waals surface area (Å²) in [6, 6.07) is 0. The molecule has 4 aliphatic carbocycles. The van der Waals surface area contributed by atoms with E-state index in [2.05, 4.69) is 0 Å². The molecule has 0 aliphatic heterocycles. The van der Waals surface area contributed by atoms with Crippen molar-refractivity contribution < 1.29 is 42.9 Å². The molecule has 0 amide bonds. The lowest BCUT2D eigenvalue weighted by molar-refractivity contribution is -0.218. The Morgan fingerprint density at radius 3 is 2.50 bits per heavy atom. The van der Waals surface area contributed by atoms with Crippen LogP contribution < -0.4 is 0 Å². The zero-order valence-corrected chi connectivity index (χ0v) is 21.1. The molecule has 0 aromatic heterocycles. The minimum atomic E-state index is -2.32. The number of aliphatic carboxylic acids is 1. The molecule has 1 unspecified atom stereocenters. The van der Waals surface area contributed by atoms with Gasteiger partial charge in [0.05, 0.1) is 17.4 Å². The van der Waals surface area contributed by atoms with Gasteiger partial charge in [0.15, 0.2) is 23.8 Å². The zero-order valence-electron chi connectivity index (χ0n) is 21.1. The van der Waals surface area contributed by atoms with E-state index in [1.54, 1.807) is 13.8 Å². The molecule has 0 saturated heterocycles. The third-order valence-electron chi connectivity index (χ3n) is 10.1. The number of aliphatic hydroxyl groups is 1. The van der Waals surface area contributed by atoms with E-state index >= 15 is 8.78 Å². The second kappa shape index (κ2) is 8.57. The minimum absolute atomic E-state index is 0.00330. The van der Waals surface area contributed by atoms with Crippen molar-refractivity contribution in [2.24, 2.45) is 34.0 Å². The molecule has 0 aromatic rings. The van der Waals surface area contributed by atoms with Gasteiger partial charge < -0.3 is 14.9 Å². The van der Waals surface area contributed by atoms with Crippen LogP contribution in [0.3, 0.4) is 0 Å². The van der Waals surface area contributed by atoms with Gasteiger partial charge in [-0.15, -0.1) is 0 Å². The lowest BCUT2D eigenvalue weighted by Crippen LogP contribution is -2.70. The molecule has 36 heavy (non-hydrogen) atoms. The molecule has 0 bridgehead atoms. The second-order valence-electron chi connectivity index (χ2n) is 11.4. The summed E-state index contributed by atoms with van der Waals surface area (Å²) in [5, 5.41) is 21.6. The largest absolute Gasteiger partial charge is 0.481 e. The average molecular weight is 509 g/mol. The first kappa shape index (κ1) is 26.6. The molecule has 4 rings (SSSR count). The number of ether oxygens (including phenoxy) is 1. The van der Waals surface area contributed by atoms with E-state index in [9.17, 15) is 29.4 Å². The lowest BCUT2D eigenvalue weighted by Gasteiger charge is -2.64. The molecule has 7 nitrogen and oxygen atoms in total. The monoisotopic (exact) mass is 508 g/mol. The number of carbonyl (C=O) groups is 4. The fourth-order valence-electron chi connectivity index (χ4n) is 8.52. The Labute approximate surface area is 209 Å².